The number of aliphatic imine (C=N–C) groups is 1. The van der Waals surface area contributed by atoms with E-state index in [1.807, 2.05) is 18.2 Å². The Labute approximate surface area is 196 Å². The molecule has 0 aromatic heterocycles. The van der Waals surface area contributed by atoms with Crippen LogP contribution in [-0.4, -0.2) is 42.7 Å². The summed E-state index contributed by atoms with van der Waals surface area (Å²) in [6, 6.07) is 14.4. The van der Waals surface area contributed by atoms with Crippen molar-refractivity contribution in [1.29, 1.82) is 0 Å². The van der Waals surface area contributed by atoms with Crippen molar-refractivity contribution in [2.45, 2.75) is 56.2 Å². The normalized spacial score (nSPS) is 20.7. The lowest BCUT2D eigenvalue weighted by atomic mass is 9.92. The third-order valence-electron chi connectivity index (χ3n) is 6.26. The number of fused-ring (bicyclic) bond motifs is 2. The van der Waals surface area contributed by atoms with Gasteiger partial charge in [0, 0.05) is 46.3 Å². The van der Waals surface area contributed by atoms with Gasteiger partial charge in [-0.15, -0.1) is 0 Å². The van der Waals surface area contributed by atoms with Crippen LogP contribution in [0, 0.1) is 11.8 Å². The summed E-state index contributed by atoms with van der Waals surface area (Å²) in [5, 5.41) is 3.12. The lowest BCUT2D eigenvalue weighted by Crippen LogP contribution is -2.40. The van der Waals surface area contributed by atoms with Gasteiger partial charge in [-0.3, -0.25) is 9.79 Å². The van der Waals surface area contributed by atoms with E-state index in [2.05, 4.69) is 55.3 Å². The first-order valence-corrected chi connectivity index (χ1v) is 12.8. The third kappa shape index (κ3) is 5.62. The number of amides is 1. The van der Waals surface area contributed by atoms with Crippen LogP contribution in [0.2, 0.25) is 0 Å². The molecular formula is C27H35N3OS. The first kappa shape index (κ1) is 23.1. The topological polar surface area (TPSA) is 44.7 Å². The number of nitrogens with one attached hydrogen (secondary N) is 1. The summed E-state index contributed by atoms with van der Waals surface area (Å²) in [5.41, 5.74) is 3.91. The predicted octanol–water partition coefficient (Wildman–Crippen LogP) is 6.17. The van der Waals surface area contributed by atoms with Crippen molar-refractivity contribution in [3.8, 4) is 0 Å². The summed E-state index contributed by atoms with van der Waals surface area (Å²) in [5.74, 6) is 1.54. The van der Waals surface area contributed by atoms with Crippen molar-refractivity contribution >= 4 is 29.1 Å². The van der Waals surface area contributed by atoms with Crippen LogP contribution in [-0.2, 0) is 0 Å². The van der Waals surface area contributed by atoms with Gasteiger partial charge in [-0.05, 0) is 61.9 Å². The van der Waals surface area contributed by atoms with E-state index in [0.29, 0.717) is 12.1 Å². The third-order valence-corrected chi connectivity index (χ3v) is 7.40. The van der Waals surface area contributed by atoms with E-state index in [-0.39, 0.29) is 5.91 Å². The molecule has 0 bridgehead atoms. The molecule has 2 aromatic rings. The second kappa shape index (κ2) is 10.7. The van der Waals surface area contributed by atoms with E-state index in [1.165, 1.54) is 30.0 Å². The lowest BCUT2D eigenvalue weighted by Gasteiger charge is -2.34. The van der Waals surface area contributed by atoms with Crippen LogP contribution >= 0.6 is 11.8 Å². The molecule has 0 radical (unpaired) electrons. The summed E-state index contributed by atoms with van der Waals surface area (Å²) in [6.45, 7) is 11.0. The second-order valence-electron chi connectivity index (χ2n) is 9.40. The Kier molecular flexibility index (Phi) is 7.69. The maximum absolute atomic E-state index is 12.8. The van der Waals surface area contributed by atoms with Crippen molar-refractivity contribution in [3.63, 3.8) is 0 Å². The molecule has 4 rings (SSSR count). The van der Waals surface area contributed by atoms with E-state index in [1.54, 1.807) is 11.8 Å². The Bertz CT molecular complexity index is 977. The van der Waals surface area contributed by atoms with Gasteiger partial charge in [-0.25, -0.2) is 0 Å². The van der Waals surface area contributed by atoms with Gasteiger partial charge in [0.15, 0.2) is 0 Å². The fourth-order valence-electron chi connectivity index (χ4n) is 4.96. The molecule has 0 aliphatic carbocycles. The number of piperidine rings is 1. The molecule has 1 fully saturated rings. The number of carbonyl (C=O) groups is 1. The van der Waals surface area contributed by atoms with Gasteiger partial charge in [-0.1, -0.05) is 57.2 Å². The second-order valence-corrected chi connectivity index (χ2v) is 10.5. The lowest BCUT2D eigenvalue weighted by molar-refractivity contribution is 0.0947. The molecule has 4 nitrogen and oxygen atoms in total. The number of nitrogens with zero attached hydrogens (tertiary/aromatic N) is 2. The average molecular weight is 450 g/mol. The number of hydrogen-bond acceptors (Lipinski definition) is 4. The maximum Gasteiger partial charge on any atom is 0.251 e. The Hall–Kier alpha value is -2.11. The highest BCUT2D eigenvalue weighted by molar-refractivity contribution is 7.99. The molecule has 1 amide bonds. The maximum atomic E-state index is 12.8. The van der Waals surface area contributed by atoms with Gasteiger partial charge in [0.1, 0.15) is 0 Å². The van der Waals surface area contributed by atoms with Gasteiger partial charge in [-0.2, -0.15) is 0 Å². The molecule has 0 unspecified atom stereocenters. The summed E-state index contributed by atoms with van der Waals surface area (Å²) >= 11 is 1.74. The minimum absolute atomic E-state index is 0.00724. The standard InChI is InChI=1S/C27H35N3OS/c1-4-8-23-22-9-5-6-10-25(22)32-26-12-11-21(16-24(26)29-23)27(31)28-13-7-14-30-17-19(2)15-20(3)18-30/h5-6,9-12,16,19-20H,4,7-8,13-15,17-18H2,1-3H3,(H,28,31)/t19-,20-/m0/s1. The highest BCUT2D eigenvalue weighted by Crippen LogP contribution is 2.41. The first-order chi connectivity index (χ1) is 15.5. The highest BCUT2D eigenvalue weighted by Gasteiger charge is 2.21. The summed E-state index contributed by atoms with van der Waals surface area (Å²) in [7, 11) is 0. The summed E-state index contributed by atoms with van der Waals surface area (Å²) in [6.07, 6.45) is 4.29. The van der Waals surface area contributed by atoms with E-state index < -0.39 is 0 Å². The van der Waals surface area contributed by atoms with Crippen LogP contribution in [0.1, 0.15) is 62.4 Å². The van der Waals surface area contributed by atoms with Crippen LogP contribution in [0.15, 0.2) is 57.2 Å². The monoisotopic (exact) mass is 449 g/mol. The minimum atomic E-state index is -0.00724. The smallest absolute Gasteiger partial charge is 0.251 e. The number of likely N-dealkylation sites (tertiary alicyclic amines) is 1. The quantitative estimate of drug-likeness (QED) is 0.514. The van der Waals surface area contributed by atoms with Gasteiger partial charge in [0.25, 0.3) is 5.91 Å². The summed E-state index contributed by atoms with van der Waals surface area (Å²) < 4.78 is 0. The number of benzene rings is 2. The Morgan fingerprint density at radius 1 is 1.12 bits per heavy atom. The molecule has 32 heavy (non-hydrogen) atoms. The molecule has 0 spiro atoms. The van der Waals surface area contributed by atoms with Crippen LogP contribution in [0.5, 0.6) is 0 Å². The number of hydrogen-bond donors (Lipinski definition) is 1. The Morgan fingerprint density at radius 2 is 1.91 bits per heavy atom. The zero-order valence-corrected chi connectivity index (χ0v) is 20.4. The van der Waals surface area contributed by atoms with Crippen molar-refractivity contribution in [3.05, 3.63) is 53.6 Å². The number of rotatable bonds is 7. The van der Waals surface area contributed by atoms with Gasteiger partial charge in [0.05, 0.1) is 5.69 Å². The van der Waals surface area contributed by atoms with Crippen LogP contribution in [0.3, 0.4) is 0 Å². The molecular weight excluding hydrogens is 414 g/mol. The minimum Gasteiger partial charge on any atom is -0.352 e. The van der Waals surface area contributed by atoms with E-state index in [9.17, 15) is 4.79 Å². The predicted molar refractivity (Wildman–Crippen MR) is 134 cm³/mol. The van der Waals surface area contributed by atoms with Gasteiger partial charge >= 0.3 is 0 Å². The molecule has 170 valence electrons. The molecule has 1 saturated heterocycles. The largest absolute Gasteiger partial charge is 0.352 e. The molecule has 2 atom stereocenters. The number of carbonyl (C=O) groups excluding carboxylic acids is 1. The van der Waals surface area contributed by atoms with Crippen molar-refractivity contribution < 1.29 is 4.79 Å². The van der Waals surface area contributed by atoms with E-state index in [0.717, 1.165) is 53.9 Å². The molecule has 0 saturated carbocycles. The molecule has 1 N–H and O–H groups in total. The average Bonchev–Trinajstić information content (AvgIpc) is 2.92. The van der Waals surface area contributed by atoms with Crippen LogP contribution < -0.4 is 5.32 Å². The fraction of sp³-hybridized carbons (Fsp3) is 0.481. The molecule has 5 heteroatoms. The molecule has 2 aromatic carbocycles. The first-order valence-electron chi connectivity index (χ1n) is 12.0. The van der Waals surface area contributed by atoms with Crippen molar-refractivity contribution in [1.82, 2.24) is 10.2 Å². The van der Waals surface area contributed by atoms with Gasteiger partial charge < -0.3 is 10.2 Å². The zero-order valence-electron chi connectivity index (χ0n) is 19.6. The van der Waals surface area contributed by atoms with E-state index >= 15 is 0 Å². The zero-order chi connectivity index (χ0) is 22.5. The fourth-order valence-corrected chi connectivity index (χ4v) is 5.98. The van der Waals surface area contributed by atoms with Gasteiger partial charge in [0.2, 0.25) is 0 Å². The van der Waals surface area contributed by atoms with E-state index in [4.69, 9.17) is 4.99 Å². The highest BCUT2D eigenvalue weighted by atomic mass is 32.2. The van der Waals surface area contributed by atoms with Crippen molar-refractivity contribution in [2.24, 2.45) is 16.8 Å². The molecule has 2 aliphatic rings. The molecule has 2 aliphatic heterocycles. The van der Waals surface area contributed by atoms with Crippen LogP contribution in [0.4, 0.5) is 5.69 Å². The van der Waals surface area contributed by atoms with Crippen molar-refractivity contribution in [2.75, 3.05) is 26.2 Å². The SMILES string of the molecule is CCCC1=Nc2cc(C(=O)NCCCN3C[C@@H](C)C[C@H](C)C3)ccc2Sc2ccccc21. The van der Waals surface area contributed by atoms with Crippen LogP contribution in [0.25, 0.3) is 0 Å². The summed E-state index contributed by atoms with van der Waals surface area (Å²) in [4.78, 5) is 22.7. The molecule has 2 heterocycles. The Morgan fingerprint density at radius 3 is 2.69 bits per heavy atom. The Balaban J connectivity index is 1.40.